The van der Waals surface area contributed by atoms with Crippen LogP contribution in [0.15, 0.2) is 48.7 Å². The smallest absolute Gasteiger partial charge is 0.0605 e. The number of rotatable bonds is 5. The van der Waals surface area contributed by atoms with E-state index in [4.69, 9.17) is 0 Å². The van der Waals surface area contributed by atoms with Crippen LogP contribution in [0.2, 0.25) is 0 Å². The maximum Gasteiger partial charge on any atom is 0.0605 e. The maximum atomic E-state index is 4.53. The summed E-state index contributed by atoms with van der Waals surface area (Å²) < 4.78 is 0. The van der Waals surface area contributed by atoms with Gasteiger partial charge in [0.25, 0.3) is 0 Å². The van der Waals surface area contributed by atoms with E-state index in [9.17, 15) is 0 Å². The van der Waals surface area contributed by atoms with Crippen molar-refractivity contribution in [1.29, 1.82) is 0 Å². The molecule has 1 aromatic carbocycles. The fourth-order valence-electron chi connectivity index (χ4n) is 3.03. The van der Waals surface area contributed by atoms with Crippen LogP contribution in [0.5, 0.6) is 0 Å². The second-order valence-electron chi connectivity index (χ2n) is 5.69. The van der Waals surface area contributed by atoms with Crippen molar-refractivity contribution in [3.63, 3.8) is 0 Å². The normalized spacial score (nSPS) is 18.8. The van der Waals surface area contributed by atoms with Gasteiger partial charge in [-0.25, -0.2) is 0 Å². The third-order valence-corrected chi connectivity index (χ3v) is 4.30. The Morgan fingerprint density at radius 1 is 1.20 bits per heavy atom. The Hall–Kier alpha value is -1.67. The molecule has 0 saturated carbocycles. The van der Waals surface area contributed by atoms with Gasteiger partial charge in [-0.05, 0) is 48.9 Å². The van der Waals surface area contributed by atoms with Crippen molar-refractivity contribution in [2.24, 2.45) is 0 Å². The van der Waals surface area contributed by atoms with Gasteiger partial charge in [0.1, 0.15) is 0 Å². The highest BCUT2D eigenvalue weighted by Gasteiger charge is 2.22. The first-order chi connectivity index (χ1) is 9.84. The summed E-state index contributed by atoms with van der Waals surface area (Å²) in [5.74, 6) is 0.605. The van der Waals surface area contributed by atoms with E-state index in [-0.39, 0.29) is 0 Å². The molecule has 104 valence electrons. The molecule has 20 heavy (non-hydrogen) atoms. The summed E-state index contributed by atoms with van der Waals surface area (Å²) in [6.07, 6.45) is 5.43. The predicted octanol–water partition coefficient (Wildman–Crippen LogP) is 3.85. The van der Waals surface area contributed by atoms with Crippen LogP contribution in [-0.2, 0) is 6.42 Å². The summed E-state index contributed by atoms with van der Waals surface area (Å²) in [6, 6.07) is 15.5. The van der Waals surface area contributed by atoms with Crippen LogP contribution in [0.25, 0.3) is 0 Å². The third-order valence-electron chi connectivity index (χ3n) is 4.30. The number of benzene rings is 1. The lowest BCUT2D eigenvalue weighted by molar-refractivity contribution is 0.495. The number of pyridine rings is 1. The molecule has 1 aliphatic carbocycles. The molecule has 0 spiro atoms. The van der Waals surface area contributed by atoms with Gasteiger partial charge >= 0.3 is 0 Å². The SMILES string of the molecule is CC(CCNC1CCc2cccnc21)c1ccccc1. The second-order valence-corrected chi connectivity index (χ2v) is 5.69. The van der Waals surface area contributed by atoms with Crippen molar-refractivity contribution in [3.05, 3.63) is 65.5 Å². The molecular formula is C18H22N2. The molecule has 1 aliphatic rings. The van der Waals surface area contributed by atoms with E-state index in [1.807, 2.05) is 12.3 Å². The average Bonchev–Trinajstić information content (AvgIpc) is 2.92. The zero-order valence-electron chi connectivity index (χ0n) is 12.0. The molecule has 2 aromatic rings. The van der Waals surface area contributed by atoms with Gasteiger partial charge in [0.2, 0.25) is 0 Å². The zero-order valence-corrected chi connectivity index (χ0v) is 12.0. The van der Waals surface area contributed by atoms with E-state index < -0.39 is 0 Å². The Morgan fingerprint density at radius 2 is 2.05 bits per heavy atom. The van der Waals surface area contributed by atoms with Gasteiger partial charge in [-0.15, -0.1) is 0 Å². The van der Waals surface area contributed by atoms with Crippen molar-refractivity contribution in [2.75, 3.05) is 6.54 Å². The van der Waals surface area contributed by atoms with Gasteiger partial charge in [-0.3, -0.25) is 4.98 Å². The van der Waals surface area contributed by atoms with Crippen molar-refractivity contribution in [1.82, 2.24) is 10.3 Å². The molecular weight excluding hydrogens is 244 g/mol. The summed E-state index contributed by atoms with van der Waals surface area (Å²) in [5, 5.41) is 3.68. The van der Waals surface area contributed by atoms with E-state index in [2.05, 4.69) is 53.6 Å². The lowest BCUT2D eigenvalue weighted by Gasteiger charge is -2.16. The molecule has 1 N–H and O–H groups in total. The molecule has 2 heteroatoms. The lowest BCUT2D eigenvalue weighted by atomic mass is 9.98. The first kappa shape index (κ1) is 13.3. The average molecular weight is 266 g/mol. The molecule has 2 unspecified atom stereocenters. The van der Waals surface area contributed by atoms with Crippen molar-refractivity contribution < 1.29 is 0 Å². The van der Waals surface area contributed by atoms with Gasteiger partial charge in [0.05, 0.1) is 11.7 Å². The first-order valence-electron chi connectivity index (χ1n) is 7.56. The number of nitrogens with zero attached hydrogens (tertiary/aromatic N) is 1. The fourth-order valence-corrected chi connectivity index (χ4v) is 3.03. The quantitative estimate of drug-likeness (QED) is 0.889. The van der Waals surface area contributed by atoms with Crippen LogP contribution in [-0.4, -0.2) is 11.5 Å². The number of nitrogens with one attached hydrogen (secondary N) is 1. The van der Waals surface area contributed by atoms with Crippen molar-refractivity contribution >= 4 is 0 Å². The van der Waals surface area contributed by atoms with Crippen LogP contribution in [0.1, 0.15) is 48.5 Å². The zero-order chi connectivity index (χ0) is 13.8. The molecule has 2 nitrogen and oxygen atoms in total. The van der Waals surface area contributed by atoms with E-state index in [1.54, 1.807) is 0 Å². The molecule has 0 amide bonds. The highest BCUT2D eigenvalue weighted by molar-refractivity contribution is 5.27. The predicted molar refractivity (Wildman–Crippen MR) is 82.8 cm³/mol. The molecule has 0 radical (unpaired) electrons. The Balaban J connectivity index is 1.52. The third kappa shape index (κ3) is 2.91. The topological polar surface area (TPSA) is 24.9 Å². The number of hydrogen-bond donors (Lipinski definition) is 1. The summed E-state index contributed by atoms with van der Waals surface area (Å²) in [4.78, 5) is 4.53. The van der Waals surface area contributed by atoms with E-state index in [0.717, 1.165) is 13.0 Å². The monoisotopic (exact) mass is 266 g/mol. The van der Waals surface area contributed by atoms with Crippen LogP contribution in [0, 0.1) is 0 Å². The summed E-state index contributed by atoms with van der Waals surface area (Å²) >= 11 is 0. The van der Waals surface area contributed by atoms with Gasteiger partial charge in [-0.2, -0.15) is 0 Å². The highest BCUT2D eigenvalue weighted by atomic mass is 14.9. The standard InChI is InChI=1S/C18H22N2/c1-14(15-6-3-2-4-7-15)11-13-19-17-10-9-16-8-5-12-20-18(16)17/h2-8,12,14,17,19H,9-11,13H2,1H3. The molecule has 1 heterocycles. The Bertz CT molecular complexity index is 550. The van der Waals surface area contributed by atoms with Crippen LogP contribution in [0.3, 0.4) is 0 Å². The van der Waals surface area contributed by atoms with Gasteiger partial charge in [0, 0.05) is 6.20 Å². The number of aromatic nitrogens is 1. The summed E-state index contributed by atoms with van der Waals surface area (Å²) in [7, 11) is 0. The van der Waals surface area contributed by atoms with E-state index in [0.29, 0.717) is 12.0 Å². The second kappa shape index (κ2) is 6.19. The molecule has 0 bridgehead atoms. The minimum absolute atomic E-state index is 0.453. The highest BCUT2D eigenvalue weighted by Crippen LogP contribution is 2.29. The minimum Gasteiger partial charge on any atom is -0.309 e. The first-order valence-corrected chi connectivity index (χ1v) is 7.56. The van der Waals surface area contributed by atoms with Gasteiger partial charge < -0.3 is 5.32 Å². The largest absolute Gasteiger partial charge is 0.309 e. The molecule has 0 saturated heterocycles. The number of fused-ring (bicyclic) bond motifs is 1. The van der Waals surface area contributed by atoms with Gasteiger partial charge in [0.15, 0.2) is 0 Å². The maximum absolute atomic E-state index is 4.53. The lowest BCUT2D eigenvalue weighted by Crippen LogP contribution is -2.22. The number of aryl methyl sites for hydroxylation is 1. The van der Waals surface area contributed by atoms with Gasteiger partial charge in [-0.1, -0.05) is 43.3 Å². The molecule has 0 aliphatic heterocycles. The van der Waals surface area contributed by atoms with E-state index in [1.165, 1.54) is 29.7 Å². The fraction of sp³-hybridized carbons (Fsp3) is 0.389. The molecule has 1 aromatic heterocycles. The van der Waals surface area contributed by atoms with Crippen molar-refractivity contribution in [3.8, 4) is 0 Å². The van der Waals surface area contributed by atoms with E-state index >= 15 is 0 Å². The molecule has 3 rings (SSSR count). The van der Waals surface area contributed by atoms with Crippen LogP contribution >= 0.6 is 0 Å². The van der Waals surface area contributed by atoms with Crippen molar-refractivity contribution in [2.45, 2.75) is 38.1 Å². The molecule has 0 fully saturated rings. The summed E-state index contributed by atoms with van der Waals surface area (Å²) in [5.41, 5.74) is 4.11. The van der Waals surface area contributed by atoms with Crippen LogP contribution < -0.4 is 5.32 Å². The Morgan fingerprint density at radius 3 is 2.90 bits per heavy atom. The van der Waals surface area contributed by atoms with Crippen LogP contribution in [0.4, 0.5) is 0 Å². The Labute approximate surface area is 121 Å². The molecule has 2 atom stereocenters. The summed E-state index contributed by atoms with van der Waals surface area (Å²) in [6.45, 7) is 3.36. The minimum atomic E-state index is 0.453. The number of hydrogen-bond acceptors (Lipinski definition) is 2. The Kier molecular flexibility index (Phi) is 4.12.